The highest BCUT2D eigenvalue weighted by atomic mass is 16.7. The van der Waals surface area contributed by atoms with Crippen molar-refractivity contribution in [1.29, 1.82) is 0 Å². The molecule has 33 nitrogen and oxygen atoms in total. The number of aliphatic hydroxyl groups is 3. The molecule has 4 amide bonds. The van der Waals surface area contributed by atoms with E-state index in [0.717, 1.165) is 16.7 Å². The summed E-state index contributed by atoms with van der Waals surface area (Å²) in [5.41, 5.74) is 4.79. The van der Waals surface area contributed by atoms with E-state index in [1.807, 2.05) is 98.1 Å². The third-order valence-corrected chi connectivity index (χ3v) is 17.6. The molecule has 3 aliphatic rings. The van der Waals surface area contributed by atoms with E-state index >= 15 is 0 Å². The number of benzene rings is 6. The summed E-state index contributed by atoms with van der Waals surface area (Å²) in [5, 5.41) is 94.6. The van der Waals surface area contributed by atoms with Crippen molar-refractivity contribution < 1.29 is 82.2 Å². The van der Waals surface area contributed by atoms with Crippen LogP contribution in [0.4, 0.5) is 44.6 Å². The van der Waals surface area contributed by atoms with Crippen molar-refractivity contribution in [2.24, 2.45) is 20.5 Å². The number of ether oxygens (including phenoxy) is 6. The topological polar surface area (TPSA) is 419 Å². The molecular formula is C76H93N15O18. The average Bonchev–Trinajstić information content (AvgIpc) is 0.790. The van der Waals surface area contributed by atoms with Crippen LogP contribution in [-0.4, -0.2) is 196 Å². The van der Waals surface area contributed by atoms with E-state index in [9.17, 15) is 54.5 Å². The number of carbonyl (C=O) groups is 5. The maximum Gasteiger partial charge on any atom is 0.407 e. The molecule has 0 saturated carbocycles. The van der Waals surface area contributed by atoms with Gasteiger partial charge in [-0.05, 0) is 132 Å². The van der Waals surface area contributed by atoms with Gasteiger partial charge in [-0.15, -0.1) is 15.3 Å². The maximum atomic E-state index is 14.2. The Bertz CT molecular complexity index is 4580. The highest BCUT2D eigenvalue weighted by Crippen LogP contribution is 2.44. The van der Waals surface area contributed by atoms with Crippen molar-refractivity contribution in [3.8, 4) is 33.9 Å². The van der Waals surface area contributed by atoms with Gasteiger partial charge in [0, 0.05) is 136 Å². The lowest BCUT2D eigenvalue weighted by Gasteiger charge is -2.40. The number of amides is 4. The van der Waals surface area contributed by atoms with Gasteiger partial charge >= 0.3 is 6.09 Å². The molecule has 0 bridgehead atoms. The number of hydrogen-bond acceptors (Lipinski definition) is 26. The molecule has 6 atom stereocenters. The summed E-state index contributed by atoms with van der Waals surface area (Å²) in [5.74, 6) is -1.69. The van der Waals surface area contributed by atoms with Crippen molar-refractivity contribution in [2.45, 2.75) is 121 Å². The summed E-state index contributed by atoms with van der Waals surface area (Å²) in [6.45, 7) is 6.51. The molecule has 9 rings (SSSR count). The van der Waals surface area contributed by atoms with E-state index in [1.165, 1.54) is 50.6 Å². The number of fused-ring (bicyclic) bond motifs is 2. The number of carbonyl (C=O) groups excluding carboxylic acids is 5. The van der Waals surface area contributed by atoms with E-state index in [0.29, 0.717) is 119 Å². The molecule has 6 aromatic rings. The Morgan fingerprint density at radius 3 is 2.05 bits per heavy atom. The predicted octanol–water partition coefficient (Wildman–Crippen LogP) is 7.78. The normalized spacial score (nSPS) is 16.1. The fourth-order valence-corrected chi connectivity index (χ4v) is 11.7. The number of azo groups is 2. The number of nitro groups is 1. The Morgan fingerprint density at radius 2 is 1.39 bits per heavy atom. The zero-order valence-corrected chi connectivity index (χ0v) is 62.5. The first-order valence-corrected chi connectivity index (χ1v) is 35.5. The van der Waals surface area contributed by atoms with E-state index in [1.54, 1.807) is 62.0 Å². The number of anilines is 2. The fraction of sp³-hybridized carbons (Fsp3) is 0.421. The van der Waals surface area contributed by atoms with Crippen LogP contribution in [0.25, 0.3) is 33.4 Å². The van der Waals surface area contributed by atoms with Crippen molar-refractivity contribution in [3.63, 3.8) is 0 Å². The summed E-state index contributed by atoms with van der Waals surface area (Å²) in [4.78, 5) is 80.8. The molecule has 7 N–H and O–H groups in total. The molecule has 1 aromatic heterocycles. The number of unbranched alkanes of at least 4 members (excludes halogenated alkanes) is 1. The first-order valence-electron chi connectivity index (χ1n) is 35.5. The van der Waals surface area contributed by atoms with E-state index in [4.69, 9.17) is 32.8 Å². The number of aromatic nitrogens is 3. The molecule has 109 heavy (non-hydrogen) atoms. The SMILES string of the molecule is COc1cc(N=Nc2ccc([N+](=O)[O-])cc2)c(OC)cc1N=Nc1ccc(N(C)CCCC(=O)NCCCO[C@@H]2O[C@H](COCc3cn(CCCNC(=O)[C@@H](CCCCNC(=O)OC(C)(C)C)NC(=O)c4ccc(-c5c6ccc(=[N+](C)C)cc-6oc6cc(N(C)C)ccc56)c(C(=O)[O-])c4)nn3)[C@@H](O)[C@H](O)[C@H]2O)cc1. The first kappa shape index (κ1) is 81.7. The number of aryl methyl sites for hydroxylation is 1. The monoisotopic (exact) mass is 1500 g/mol. The predicted molar refractivity (Wildman–Crippen MR) is 401 cm³/mol. The molecule has 0 unspecified atom stereocenters. The number of nitrogens with zero attached hydrogens (tertiary/aromatic N) is 11. The molecule has 1 aliphatic carbocycles. The summed E-state index contributed by atoms with van der Waals surface area (Å²) in [7, 11) is 12.5. The zero-order valence-electron chi connectivity index (χ0n) is 62.5. The molecule has 1 saturated heterocycles. The Balaban J connectivity index is 0.699. The van der Waals surface area contributed by atoms with Crippen LogP contribution >= 0.6 is 0 Å². The van der Waals surface area contributed by atoms with Crippen LogP contribution in [0.3, 0.4) is 0 Å². The van der Waals surface area contributed by atoms with Gasteiger partial charge < -0.3 is 89.1 Å². The summed E-state index contributed by atoms with van der Waals surface area (Å²) >= 11 is 0. The van der Waals surface area contributed by atoms with Gasteiger partial charge in [-0.25, -0.2) is 9.37 Å². The second-order valence-corrected chi connectivity index (χ2v) is 27.3. The smallest absolute Gasteiger partial charge is 0.407 e. The molecule has 5 aromatic carbocycles. The van der Waals surface area contributed by atoms with Gasteiger partial charge in [0.05, 0.1) is 68.6 Å². The van der Waals surface area contributed by atoms with Crippen LogP contribution in [0.15, 0.2) is 146 Å². The van der Waals surface area contributed by atoms with Gasteiger partial charge in [-0.3, -0.25) is 29.2 Å². The van der Waals surface area contributed by atoms with Gasteiger partial charge in [0.2, 0.25) is 17.2 Å². The van der Waals surface area contributed by atoms with E-state index in [-0.39, 0.29) is 75.0 Å². The van der Waals surface area contributed by atoms with Gasteiger partial charge in [-0.2, -0.15) is 10.2 Å². The number of rotatable bonds is 36. The number of hydrogen-bond donors (Lipinski definition) is 7. The molecule has 2 aliphatic heterocycles. The Labute approximate surface area is 629 Å². The van der Waals surface area contributed by atoms with Crippen LogP contribution in [-0.2, 0) is 41.7 Å². The molecule has 0 spiro atoms. The van der Waals surface area contributed by atoms with Crippen molar-refractivity contribution in [2.75, 3.05) is 98.7 Å². The fourth-order valence-electron chi connectivity index (χ4n) is 11.7. The van der Waals surface area contributed by atoms with Gasteiger partial charge in [0.1, 0.15) is 90.1 Å². The molecule has 0 radical (unpaired) electrons. The Kier molecular flexibility index (Phi) is 28.8. The lowest BCUT2D eigenvalue weighted by Crippen LogP contribution is -2.59. The number of alkyl carbamates (subject to hydrolysis) is 1. The number of aliphatic hydroxyl groups excluding tert-OH is 3. The van der Waals surface area contributed by atoms with E-state index < -0.39 is 71.1 Å². The van der Waals surface area contributed by atoms with Gasteiger partial charge in [-0.1, -0.05) is 11.3 Å². The molecule has 3 heterocycles. The second kappa shape index (κ2) is 38.4. The lowest BCUT2D eigenvalue weighted by atomic mass is 9.89. The van der Waals surface area contributed by atoms with E-state index in [2.05, 4.69) is 52.0 Å². The average molecular weight is 1500 g/mol. The third kappa shape index (κ3) is 22.8. The van der Waals surface area contributed by atoms with Crippen LogP contribution < -0.4 is 55.6 Å². The number of nitrogens with one attached hydrogen (secondary N) is 4. The highest BCUT2D eigenvalue weighted by Gasteiger charge is 2.44. The number of carboxylic acid groups (broad SMARTS) is 1. The minimum atomic E-state index is -1.62. The molecule has 580 valence electrons. The molecule has 1 fully saturated rings. The van der Waals surface area contributed by atoms with Crippen LogP contribution in [0, 0.1) is 10.1 Å². The van der Waals surface area contributed by atoms with Gasteiger partial charge in [0.25, 0.3) is 11.6 Å². The summed E-state index contributed by atoms with van der Waals surface area (Å²) < 4.78 is 43.7. The first-order chi connectivity index (χ1) is 52.2. The minimum absolute atomic E-state index is 0.0276. The minimum Gasteiger partial charge on any atom is -0.545 e. The largest absolute Gasteiger partial charge is 0.545 e. The summed E-state index contributed by atoms with van der Waals surface area (Å²) in [6.07, 6.45) is -3.60. The summed E-state index contributed by atoms with van der Waals surface area (Å²) in [6, 6.07) is 30.7. The third-order valence-electron chi connectivity index (χ3n) is 17.6. The number of nitro benzene ring substituents is 1. The number of carboxylic acids is 1. The highest BCUT2D eigenvalue weighted by molar-refractivity contribution is 6.09. The number of aromatic carboxylic acids is 1. The standard InChI is InChI=1S/C76H93N15O18/c1-76(2,3)109-75(100)79-32-12-11-16-58(80-71(96)46-18-29-54(57(38-46)73(98)99)67-55-30-27-52(87(4)5)39-61(55)107-62-40-53(88(6)7)28-31-56(62)67)72(97)78-33-14-36-90-43-49(83-86-90)44-105-45-65-68(93)69(94)70(95)74(108-65)106-37-15-34-77-66(92)17-13-35-89(8)50-23-19-47(20-24-50)81-84-59-41-64(104-10)60(42-63(59)103-9)85-82-48-21-25-51(26-22-48)91(101)102/h18-31,38-43,58,65,68-70,74,93-95H,11-17,32-37,44-45H2,1-10H3,(H4-,77,78,79,80,92,96,97,98,99,100)/t58-,65-,68-,69+,70-,74-/m1/s1. The zero-order chi connectivity index (χ0) is 78.5. The van der Waals surface area contributed by atoms with Crippen LogP contribution in [0.2, 0.25) is 0 Å². The number of non-ortho nitro benzene ring substituents is 1. The molecular weight excluding hydrogens is 1410 g/mol. The Hall–Kier alpha value is -11.4. The van der Waals surface area contributed by atoms with Crippen LogP contribution in [0.5, 0.6) is 11.5 Å². The Morgan fingerprint density at radius 1 is 0.734 bits per heavy atom. The second-order valence-electron chi connectivity index (χ2n) is 27.3. The van der Waals surface area contributed by atoms with Crippen molar-refractivity contribution in [3.05, 3.63) is 154 Å². The number of methoxy groups -OCH3 is 2. The van der Waals surface area contributed by atoms with Crippen molar-refractivity contribution in [1.82, 2.24) is 40.8 Å². The maximum absolute atomic E-state index is 14.2. The van der Waals surface area contributed by atoms with Crippen LogP contribution in [0.1, 0.15) is 92.1 Å². The van der Waals surface area contributed by atoms with Gasteiger partial charge in [0.15, 0.2) is 6.29 Å². The van der Waals surface area contributed by atoms with Crippen molar-refractivity contribution >= 4 is 80.6 Å². The lowest BCUT2D eigenvalue weighted by molar-refractivity contribution is -0.384. The quantitative estimate of drug-likeness (QED) is 0.00492. The molecule has 33 heteroatoms.